The van der Waals surface area contributed by atoms with Gasteiger partial charge in [0.1, 0.15) is 11.3 Å². The number of halogens is 1. The van der Waals surface area contributed by atoms with Gasteiger partial charge in [0.05, 0.1) is 36.5 Å². The van der Waals surface area contributed by atoms with Crippen molar-refractivity contribution < 1.29 is 4.74 Å². The minimum absolute atomic E-state index is 0. The summed E-state index contributed by atoms with van der Waals surface area (Å²) < 4.78 is 9.24. The largest absolute Gasteiger partial charge is 0.378 e. The fraction of sp³-hybridized carbons (Fsp3) is 0.409. The Balaban J connectivity index is 0.00000253. The van der Waals surface area contributed by atoms with E-state index in [0.717, 1.165) is 54.5 Å². The summed E-state index contributed by atoms with van der Waals surface area (Å²) in [5, 5.41) is 12.2. The van der Waals surface area contributed by atoms with Crippen LogP contribution in [0.3, 0.4) is 0 Å². The quantitative estimate of drug-likeness (QED) is 0.400. The summed E-state index contributed by atoms with van der Waals surface area (Å²) in [7, 11) is 1.89. The van der Waals surface area contributed by atoms with E-state index in [1.807, 2.05) is 24.0 Å². The van der Waals surface area contributed by atoms with Crippen LogP contribution in [0.15, 0.2) is 31.0 Å². The Morgan fingerprint density at radius 1 is 1.17 bits per heavy atom. The third kappa shape index (κ3) is 4.87. The molecule has 0 radical (unpaired) electrons. The maximum atomic E-state index is 5.52. The number of nitrogens with zero attached hydrogens (tertiary/aromatic N) is 8. The number of imidazole rings is 1. The van der Waals surface area contributed by atoms with E-state index in [9.17, 15) is 0 Å². The minimum Gasteiger partial charge on any atom is -0.378 e. The van der Waals surface area contributed by atoms with E-state index in [1.165, 1.54) is 10.5 Å². The highest BCUT2D eigenvalue weighted by Gasteiger charge is 2.20. The van der Waals surface area contributed by atoms with Crippen molar-refractivity contribution in [3.05, 3.63) is 40.9 Å². The lowest BCUT2D eigenvalue weighted by atomic mass is 10.1. The molecule has 0 atom stereocenters. The zero-order valence-electron chi connectivity index (χ0n) is 19.3. The fourth-order valence-electron chi connectivity index (χ4n) is 4.18. The number of ether oxygens (including phenoxy) is 1. The Hall–Kier alpha value is -3.06. The maximum Gasteiger partial charge on any atom is 0.229 e. The summed E-state index contributed by atoms with van der Waals surface area (Å²) in [5.74, 6) is 1.37. The third-order valence-electron chi connectivity index (χ3n) is 5.99. The molecule has 2 aliphatic rings. The first kappa shape index (κ1) is 23.7. The van der Waals surface area contributed by atoms with Crippen LogP contribution >= 0.6 is 23.7 Å². The number of hydrogen-bond acceptors (Lipinski definition) is 10. The van der Waals surface area contributed by atoms with Gasteiger partial charge in [-0.2, -0.15) is 15.1 Å². The van der Waals surface area contributed by atoms with Crippen LogP contribution in [0, 0.1) is 0 Å². The molecule has 184 valence electrons. The van der Waals surface area contributed by atoms with Crippen molar-refractivity contribution in [2.24, 2.45) is 7.05 Å². The van der Waals surface area contributed by atoms with E-state index in [0.29, 0.717) is 31.5 Å². The molecule has 6 heterocycles. The molecule has 2 N–H and O–H groups in total. The van der Waals surface area contributed by atoms with Crippen LogP contribution in [-0.2, 0) is 18.3 Å². The monoisotopic (exact) mass is 514 g/mol. The van der Waals surface area contributed by atoms with Crippen molar-refractivity contribution in [3.63, 3.8) is 0 Å². The topological polar surface area (TPSA) is 111 Å². The number of fused-ring (bicyclic) bond motifs is 1. The lowest BCUT2D eigenvalue weighted by Crippen LogP contribution is -2.37. The molecule has 11 nitrogen and oxygen atoms in total. The molecular weight excluding hydrogens is 488 g/mol. The van der Waals surface area contributed by atoms with Crippen LogP contribution in [0.2, 0.25) is 0 Å². The molecule has 0 aliphatic carbocycles. The van der Waals surface area contributed by atoms with Gasteiger partial charge in [0.2, 0.25) is 5.95 Å². The van der Waals surface area contributed by atoms with E-state index >= 15 is 0 Å². The van der Waals surface area contributed by atoms with Gasteiger partial charge in [-0.3, -0.25) is 9.25 Å². The van der Waals surface area contributed by atoms with Crippen LogP contribution in [0.4, 0.5) is 11.8 Å². The predicted molar refractivity (Wildman–Crippen MR) is 139 cm³/mol. The molecule has 35 heavy (non-hydrogen) atoms. The standard InChI is InChI=1S/C22H26N10OS.ClH/c1-30-13-16(10-27-30)32-14-26-19-20(28-22(29-21(19)32)31-6-8-33-9-7-31)25-12-18-24-11-17(34-18)15-2-4-23-5-3-15;/h2,10-11,13-14,23H,3-9,12H2,1H3,(H,25,28,29);1H. The molecule has 6 rings (SSSR count). The Kier molecular flexibility index (Phi) is 6.95. The van der Waals surface area contributed by atoms with Crippen molar-refractivity contribution in [2.75, 3.05) is 49.6 Å². The highest BCUT2D eigenvalue weighted by atomic mass is 35.5. The second kappa shape index (κ2) is 10.3. The number of aryl methyl sites for hydroxylation is 1. The Labute approximate surface area is 212 Å². The van der Waals surface area contributed by atoms with Crippen LogP contribution < -0.4 is 15.5 Å². The van der Waals surface area contributed by atoms with Crippen LogP contribution in [-0.4, -0.2) is 73.7 Å². The Morgan fingerprint density at radius 2 is 2.06 bits per heavy atom. The molecule has 4 aromatic heterocycles. The van der Waals surface area contributed by atoms with Gasteiger partial charge in [0.25, 0.3) is 0 Å². The highest BCUT2D eigenvalue weighted by molar-refractivity contribution is 7.12. The van der Waals surface area contributed by atoms with Gasteiger partial charge in [0, 0.05) is 39.1 Å². The van der Waals surface area contributed by atoms with Crippen LogP contribution in [0.25, 0.3) is 22.4 Å². The van der Waals surface area contributed by atoms with Gasteiger partial charge in [-0.1, -0.05) is 6.08 Å². The summed E-state index contributed by atoms with van der Waals surface area (Å²) in [4.78, 5) is 22.4. The fourth-order valence-corrected chi connectivity index (χ4v) is 5.11. The second-order valence-electron chi connectivity index (χ2n) is 8.29. The highest BCUT2D eigenvalue weighted by Crippen LogP contribution is 2.28. The number of hydrogen-bond donors (Lipinski definition) is 2. The zero-order chi connectivity index (χ0) is 22.9. The number of aromatic nitrogens is 7. The van der Waals surface area contributed by atoms with Crippen LogP contribution in [0.1, 0.15) is 16.3 Å². The number of morpholine rings is 1. The van der Waals surface area contributed by atoms with Crippen molar-refractivity contribution in [1.82, 2.24) is 39.6 Å². The Bertz CT molecular complexity index is 1340. The molecule has 1 saturated heterocycles. The van der Waals surface area contributed by atoms with E-state index in [4.69, 9.17) is 14.7 Å². The molecule has 2 aliphatic heterocycles. The van der Waals surface area contributed by atoms with E-state index < -0.39 is 0 Å². The lowest BCUT2D eigenvalue weighted by molar-refractivity contribution is 0.122. The van der Waals surface area contributed by atoms with E-state index in [1.54, 1.807) is 28.5 Å². The molecule has 4 aromatic rings. The first-order valence-electron chi connectivity index (χ1n) is 11.4. The van der Waals surface area contributed by atoms with Gasteiger partial charge < -0.3 is 20.3 Å². The second-order valence-corrected chi connectivity index (χ2v) is 9.40. The summed E-state index contributed by atoms with van der Waals surface area (Å²) >= 11 is 1.72. The third-order valence-corrected chi connectivity index (χ3v) is 7.06. The van der Waals surface area contributed by atoms with Crippen molar-refractivity contribution in [3.8, 4) is 5.69 Å². The van der Waals surface area contributed by atoms with Crippen molar-refractivity contribution in [2.45, 2.75) is 13.0 Å². The number of rotatable bonds is 6. The van der Waals surface area contributed by atoms with Crippen molar-refractivity contribution in [1.29, 1.82) is 0 Å². The van der Waals surface area contributed by atoms with Gasteiger partial charge >= 0.3 is 0 Å². The zero-order valence-corrected chi connectivity index (χ0v) is 21.0. The molecule has 0 bridgehead atoms. The first-order chi connectivity index (χ1) is 16.7. The lowest BCUT2D eigenvalue weighted by Gasteiger charge is -2.27. The minimum atomic E-state index is 0. The molecule has 0 aromatic carbocycles. The summed E-state index contributed by atoms with van der Waals surface area (Å²) in [6, 6.07) is 0. The number of nitrogens with one attached hydrogen (secondary N) is 2. The molecule has 1 fully saturated rings. The van der Waals surface area contributed by atoms with Gasteiger partial charge in [0.15, 0.2) is 17.0 Å². The molecule has 0 saturated carbocycles. The number of thiazole rings is 1. The number of anilines is 2. The molecule has 0 amide bonds. The van der Waals surface area contributed by atoms with E-state index in [-0.39, 0.29) is 12.4 Å². The Morgan fingerprint density at radius 3 is 2.83 bits per heavy atom. The van der Waals surface area contributed by atoms with Crippen LogP contribution in [0.5, 0.6) is 0 Å². The maximum absolute atomic E-state index is 5.52. The SMILES string of the molecule is Cl.Cn1cc(-n2cnc3c(NCc4ncc(C5=CCNCC5)s4)nc(N4CCOCC4)nc32)cn1. The van der Waals surface area contributed by atoms with E-state index in [2.05, 4.69) is 36.7 Å². The summed E-state index contributed by atoms with van der Waals surface area (Å²) in [6.45, 7) is 5.35. The van der Waals surface area contributed by atoms with Crippen molar-refractivity contribution >= 4 is 52.2 Å². The smallest absolute Gasteiger partial charge is 0.229 e. The molecule has 0 spiro atoms. The normalized spacial score (nSPS) is 16.3. The molecular formula is C22H27ClN10OS. The predicted octanol–water partition coefficient (Wildman–Crippen LogP) is 2.25. The van der Waals surface area contributed by atoms with Gasteiger partial charge in [-0.05, 0) is 18.5 Å². The average Bonchev–Trinajstić information content (AvgIpc) is 3.63. The van der Waals surface area contributed by atoms with Gasteiger partial charge in [-0.15, -0.1) is 23.7 Å². The molecule has 13 heteroatoms. The molecule has 0 unspecified atom stereocenters. The summed E-state index contributed by atoms with van der Waals surface area (Å²) in [5.41, 5.74) is 3.74. The van der Waals surface area contributed by atoms with Gasteiger partial charge in [-0.25, -0.2) is 9.97 Å². The average molecular weight is 515 g/mol. The first-order valence-corrected chi connectivity index (χ1v) is 12.2. The summed E-state index contributed by atoms with van der Waals surface area (Å²) in [6.07, 6.45) is 10.8.